The fourth-order valence-corrected chi connectivity index (χ4v) is 5.13. The van der Waals surface area contributed by atoms with Crippen molar-refractivity contribution in [2.75, 3.05) is 19.1 Å². The number of methoxy groups -OCH3 is 1. The maximum absolute atomic E-state index is 12.9. The molecule has 0 aromatic heterocycles. The van der Waals surface area contributed by atoms with Gasteiger partial charge in [0.25, 0.3) is 0 Å². The average Bonchev–Trinajstić information content (AvgIpc) is 3.29. The summed E-state index contributed by atoms with van der Waals surface area (Å²) in [7, 11) is 1.44. The average molecular weight is 528 g/mol. The van der Waals surface area contributed by atoms with E-state index >= 15 is 0 Å². The van der Waals surface area contributed by atoms with Gasteiger partial charge in [-0.1, -0.05) is 34.8 Å². The number of halogens is 6. The second-order valence-electron chi connectivity index (χ2n) is 7.05. The minimum Gasteiger partial charge on any atom is -0.494 e. The van der Waals surface area contributed by atoms with Crippen LogP contribution in [0.2, 0.25) is 15.1 Å². The van der Waals surface area contributed by atoms with Crippen LogP contribution in [-0.4, -0.2) is 29.8 Å². The van der Waals surface area contributed by atoms with E-state index in [1.807, 2.05) is 0 Å². The first-order valence-corrected chi connectivity index (χ1v) is 11.1. The van der Waals surface area contributed by atoms with Crippen LogP contribution in [0.15, 0.2) is 30.3 Å². The van der Waals surface area contributed by atoms with Gasteiger partial charge in [-0.3, -0.25) is 14.0 Å². The van der Waals surface area contributed by atoms with Gasteiger partial charge in [0.1, 0.15) is 4.33 Å². The standard InChI is InChI=1S/C21H17Cl5FNO3/c1-31-19-14(23)7-10(8-15(19)24)17-18(21(17,25)26)20(30)28-11-4-5-13(22)12(9-11)16(29)3-2-6-27/h4-5,7-9,17-18H,2-3,6H2,1H3,(H,28,30). The summed E-state index contributed by atoms with van der Waals surface area (Å²) in [5.74, 6) is -1.76. The Balaban J connectivity index is 1.79. The molecule has 2 aromatic carbocycles. The Morgan fingerprint density at radius 1 is 1.10 bits per heavy atom. The van der Waals surface area contributed by atoms with Gasteiger partial charge in [-0.05, 0) is 42.3 Å². The number of hydrogen-bond donors (Lipinski definition) is 1. The first-order chi connectivity index (χ1) is 14.6. The first-order valence-electron chi connectivity index (χ1n) is 9.22. The van der Waals surface area contributed by atoms with E-state index in [2.05, 4.69) is 5.32 Å². The van der Waals surface area contributed by atoms with Crippen LogP contribution in [-0.2, 0) is 4.79 Å². The Bertz CT molecular complexity index is 1010. The van der Waals surface area contributed by atoms with Crippen molar-refractivity contribution in [2.24, 2.45) is 5.92 Å². The lowest BCUT2D eigenvalue weighted by Gasteiger charge is -2.10. The highest BCUT2D eigenvalue weighted by molar-refractivity contribution is 6.53. The molecule has 1 amide bonds. The third kappa shape index (κ3) is 5.07. The van der Waals surface area contributed by atoms with Crippen molar-refractivity contribution in [3.63, 3.8) is 0 Å². The van der Waals surface area contributed by atoms with Gasteiger partial charge >= 0.3 is 0 Å². The maximum atomic E-state index is 12.9. The molecule has 1 N–H and O–H groups in total. The molecule has 3 rings (SSSR count). The molecule has 0 bridgehead atoms. The van der Waals surface area contributed by atoms with E-state index in [0.29, 0.717) is 17.0 Å². The van der Waals surface area contributed by atoms with Crippen LogP contribution in [0, 0.1) is 5.92 Å². The molecule has 31 heavy (non-hydrogen) atoms. The Hall–Kier alpha value is -1.24. The lowest BCUT2D eigenvalue weighted by atomic mass is 10.1. The van der Waals surface area contributed by atoms with Crippen LogP contribution >= 0.6 is 58.0 Å². The number of hydrogen-bond acceptors (Lipinski definition) is 3. The second kappa shape index (κ2) is 9.72. The summed E-state index contributed by atoms with van der Waals surface area (Å²) in [6.07, 6.45) is 0.118. The predicted molar refractivity (Wildman–Crippen MR) is 123 cm³/mol. The number of rotatable bonds is 8. The van der Waals surface area contributed by atoms with Crippen molar-refractivity contribution in [3.8, 4) is 5.75 Å². The number of benzene rings is 2. The molecule has 2 atom stereocenters. The summed E-state index contributed by atoms with van der Waals surface area (Å²) in [5, 5.41) is 3.47. The molecule has 0 saturated heterocycles. The van der Waals surface area contributed by atoms with Crippen LogP contribution in [0.5, 0.6) is 5.75 Å². The highest BCUT2D eigenvalue weighted by Gasteiger charge is 2.67. The van der Waals surface area contributed by atoms with E-state index in [1.54, 1.807) is 18.2 Å². The topological polar surface area (TPSA) is 55.4 Å². The third-order valence-corrected chi connectivity index (χ3v) is 6.82. The van der Waals surface area contributed by atoms with E-state index in [4.69, 9.17) is 62.7 Å². The largest absolute Gasteiger partial charge is 0.494 e. The Morgan fingerprint density at radius 3 is 2.32 bits per heavy atom. The molecule has 1 aliphatic carbocycles. The molecular formula is C21H17Cl5FNO3. The fraction of sp³-hybridized carbons (Fsp3) is 0.333. The van der Waals surface area contributed by atoms with Crippen LogP contribution < -0.4 is 10.1 Å². The lowest BCUT2D eigenvalue weighted by molar-refractivity contribution is -0.117. The number of Topliss-reactive ketones (excluding diaryl/α,β-unsaturated/α-hetero) is 1. The summed E-state index contributed by atoms with van der Waals surface area (Å²) in [6, 6.07) is 7.70. The van der Waals surface area contributed by atoms with Crippen LogP contribution in [0.3, 0.4) is 0 Å². The highest BCUT2D eigenvalue weighted by Crippen LogP contribution is 2.65. The third-order valence-electron chi connectivity index (χ3n) is 4.99. The van der Waals surface area contributed by atoms with E-state index in [9.17, 15) is 14.0 Å². The number of nitrogens with one attached hydrogen (secondary N) is 1. The summed E-state index contributed by atoms with van der Waals surface area (Å²) >= 11 is 31.2. The van der Waals surface area contributed by atoms with Gasteiger partial charge in [-0.15, -0.1) is 23.2 Å². The minimum absolute atomic E-state index is 0.0176. The quantitative estimate of drug-likeness (QED) is 0.294. The molecule has 4 nitrogen and oxygen atoms in total. The molecule has 0 spiro atoms. The molecule has 0 radical (unpaired) electrons. The van der Waals surface area contributed by atoms with Gasteiger partial charge in [0.05, 0.1) is 34.8 Å². The molecule has 0 heterocycles. The number of amides is 1. The molecule has 1 saturated carbocycles. The van der Waals surface area contributed by atoms with Gasteiger partial charge < -0.3 is 10.1 Å². The smallest absolute Gasteiger partial charge is 0.231 e. The molecule has 2 aromatic rings. The number of ketones is 1. The van der Waals surface area contributed by atoms with Crippen LogP contribution in [0.4, 0.5) is 10.1 Å². The van der Waals surface area contributed by atoms with Gasteiger partial charge in [0.15, 0.2) is 11.5 Å². The van der Waals surface area contributed by atoms with E-state index < -0.39 is 28.8 Å². The van der Waals surface area contributed by atoms with Crippen molar-refractivity contribution >= 4 is 75.4 Å². The summed E-state index contributed by atoms with van der Waals surface area (Å²) < 4.78 is 16.1. The molecule has 1 aliphatic rings. The van der Waals surface area contributed by atoms with E-state index in [1.165, 1.54) is 19.2 Å². The van der Waals surface area contributed by atoms with Crippen LogP contribution in [0.1, 0.15) is 34.7 Å². The van der Waals surface area contributed by atoms with Gasteiger partial charge in [0.2, 0.25) is 5.91 Å². The zero-order valence-electron chi connectivity index (χ0n) is 16.2. The van der Waals surface area contributed by atoms with Crippen molar-refractivity contribution in [2.45, 2.75) is 23.1 Å². The molecule has 10 heteroatoms. The Kier molecular flexibility index (Phi) is 7.65. The van der Waals surface area contributed by atoms with Gasteiger partial charge in [-0.25, -0.2) is 0 Å². The molecule has 166 valence electrons. The lowest BCUT2D eigenvalue weighted by Crippen LogP contribution is -2.17. The second-order valence-corrected chi connectivity index (χ2v) is 9.71. The minimum atomic E-state index is -1.36. The Morgan fingerprint density at radius 2 is 1.74 bits per heavy atom. The van der Waals surface area contributed by atoms with Crippen molar-refractivity contribution in [1.82, 2.24) is 0 Å². The number of anilines is 1. The Labute approximate surface area is 203 Å². The SMILES string of the molecule is COc1c(Cl)cc(C2C(C(=O)Nc3ccc(Cl)c(C(=O)CCCF)c3)C2(Cl)Cl)cc1Cl. The summed E-state index contributed by atoms with van der Waals surface area (Å²) in [5.41, 5.74) is 1.15. The highest BCUT2D eigenvalue weighted by atomic mass is 35.5. The number of alkyl halides is 3. The monoisotopic (exact) mass is 525 g/mol. The first kappa shape index (κ1) is 24.4. The zero-order valence-corrected chi connectivity index (χ0v) is 19.9. The van der Waals surface area contributed by atoms with Crippen molar-refractivity contribution in [1.29, 1.82) is 0 Å². The van der Waals surface area contributed by atoms with E-state index in [-0.39, 0.29) is 39.3 Å². The summed E-state index contributed by atoms with van der Waals surface area (Å²) in [4.78, 5) is 25.1. The van der Waals surface area contributed by atoms with Gasteiger partial charge in [0, 0.05) is 23.6 Å². The number of ether oxygens (including phenoxy) is 1. The molecule has 2 unspecified atom stereocenters. The normalized spacial score (nSPS) is 19.1. The summed E-state index contributed by atoms with van der Waals surface area (Å²) in [6.45, 7) is -0.601. The number of carbonyl (C=O) groups excluding carboxylic acids is 2. The maximum Gasteiger partial charge on any atom is 0.231 e. The zero-order chi connectivity index (χ0) is 22.9. The molecule has 1 fully saturated rings. The predicted octanol–water partition coefficient (Wildman–Crippen LogP) is 7.11. The van der Waals surface area contributed by atoms with Crippen molar-refractivity contribution in [3.05, 3.63) is 56.5 Å². The van der Waals surface area contributed by atoms with Gasteiger partial charge in [-0.2, -0.15) is 0 Å². The fourth-order valence-electron chi connectivity index (χ4n) is 3.42. The molecule has 0 aliphatic heterocycles. The van der Waals surface area contributed by atoms with Crippen LogP contribution in [0.25, 0.3) is 0 Å². The van der Waals surface area contributed by atoms with Crippen molar-refractivity contribution < 1.29 is 18.7 Å². The molecular weight excluding hydrogens is 510 g/mol. The number of carbonyl (C=O) groups is 2. The van der Waals surface area contributed by atoms with E-state index in [0.717, 1.165) is 0 Å².